The molecule has 4 atom stereocenters. The molecule has 0 spiro atoms. The van der Waals surface area contributed by atoms with E-state index in [-0.39, 0.29) is 23.7 Å². The minimum atomic E-state index is -0.436. The summed E-state index contributed by atoms with van der Waals surface area (Å²) < 4.78 is 16.2. The second kappa shape index (κ2) is 8.96. The molecule has 1 heterocycles. The van der Waals surface area contributed by atoms with Gasteiger partial charge in [-0.2, -0.15) is 0 Å². The van der Waals surface area contributed by atoms with Crippen LogP contribution in [0.15, 0.2) is 90.5 Å². The third kappa shape index (κ3) is 3.47. The van der Waals surface area contributed by atoms with Crippen molar-refractivity contribution in [3.8, 4) is 17.2 Å². The highest BCUT2D eigenvalue weighted by Gasteiger charge is 2.62. The number of nitrogens with zero attached hydrogens (tertiary/aromatic N) is 1. The Morgan fingerprint density at radius 1 is 0.649 bits per heavy atom. The number of hydrogen-bond acceptors (Lipinski definition) is 5. The number of amides is 2. The molecule has 6 heteroatoms. The lowest BCUT2D eigenvalue weighted by molar-refractivity contribution is -0.123. The number of para-hydroxylation sites is 2. The fourth-order valence-electron chi connectivity index (χ4n) is 6.16. The molecule has 1 saturated heterocycles. The normalized spacial score (nSPS) is 23.4. The van der Waals surface area contributed by atoms with Gasteiger partial charge in [0.25, 0.3) is 0 Å². The molecule has 0 N–H and O–H groups in total. The second-order valence-corrected chi connectivity index (χ2v) is 9.46. The van der Waals surface area contributed by atoms with Crippen LogP contribution in [-0.2, 0) is 9.59 Å². The van der Waals surface area contributed by atoms with E-state index in [9.17, 15) is 9.59 Å². The van der Waals surface area contributed by atoms with Gasteiger partial charge < -0.3 is 14.2 Å². The first kappa shape index (κ1) is 23.1. The summed E-state index contributed by atoms with van der Waals surface area (Å²) in [4.78, 5) is 29.0. The smallest absolute Gasteiger partial charge is 0.238 e. The van der Waals surface area contributed by atoms with Crippen molar-refractivity contribution in [1.82, 2.24) is 0 Å². The number of anilines is 1. The summed E-state index contributed by atoms with van der Waals surface area (Å²) in [5, 5.41) is 0. The van der Waals surface area contributed by atoms with Crippen molar-refractivity contribution in [1.29, 1.82) is 0 Å². The largest absolute Gasteiger partial charge is 0.497 e. The molecule has 1 aliphatic heterocycles. The highest BCUT2D eigenvalue weighted by Crippen LogP contribution is 2.59. The number of benzene rings is 3. The Kier molecular flexibility index (Phi) is 5.60. The molecule has 0 unspecified atom stereocenters. The zero-order valence-electron chi connectivity index (χ0n) is 20.9. The van der Waals surface area contributed by atoms with Crippen LogP contribution < -0.4 is 19.1 Å². The lowest BCUT2D eigenvalue weighted by Crippen LogP contribution is -2.33. The van der Waals surface area contributed by atoms with Crippen LogP contribution in [0.3, 0.4) is 0 Å². The van der Waals surface area contributed by atoms with Gasteiger partial charge in [0.2, 0.25) is 11.8 Å². The van der Waals surface area contributed by atoms with E-state index in [0.29, 0.717) is 11.4 Å². The Hall–Kier alpha value is -4.32. The van der Waals surface area contributed by atoms with Gasteiger partial charge in [0.1, 0.15) is 17.2 Å². The van der Waals surface area contributed by atoms with Gasteiger partial charge in [-0.3, -0.25) is 9.59 Å². The molecule has 186 valence electrons. The van der Waals surface area contributed by atoms with Crippen LogP contribution in [0.4, 0.5) is 5.69 Å². The first-order valence-electron chi connectivity index (χ1n) is 12.3. The SMILES string of the molecule is COc1ccc(C(=C2[C@H]3C=C[C@H]2[C@@H]2C(=O)N(c4ccccc4OC)C(=O)[C@H]23)c2ccc(OC)cc2)cc1. The number of carbonyl (C=O) groups is 2. The maximum Gasteiger partial charge on any atom is 0.238 e. The van der Waals surface area contributed by atoms with E-state index in [2.05, 4.69) is 12.2 Å². The fourth-order valence-corrected chi connectivity index (χ4v) is 6.16. The summed E-state index contributed by atoms with van der Waals surface area (Å²) in [5.74, 6) is 0.515. The number of methoxy groups -OCH3 is 3. The molecule has 0 aromatic heterocycles. The molecule has 1 saturated carbocycles. The average molecular weight is 494 g/mol. The van der Waals surface area contributed by atoms with E-state index in [1.54, 1.807) is 33.5 Å². The topological polar surface area (TPSA) is 65.1 Å². The standard InChI is InChI=1S/C31H27NO5/c1-35-20-12-8-18(9-13-20)26(19-10-14-21(36-2)15-11-19)27-22-16-17-23(27)29-28(22)30(33)32(31(29)34)24-6-4-5-7-25(24)37-3/h4-17,22-23,28-29H,1-3H3/t22-,23-,28+,29+/m1/s1. The first-order valence-corrected chi connectivity index (χ1v) is 12.3. The zero-order valence-corrected chi connectivity index (χ0v) is 20.9. The van der Waals surface area contributed by atoms with Crippen LogP contribution in [-0.4, -0.2) is 33.1 Å². The van der Waals surface area contributed by atoms with Crippen molar-refractivity contribution in [2.75, 3.05) is 26.2 Å². The molecule has 3 aliphatic rings. The second-order valence-electron chi connectivity index (χ2n) is 9.46. The van der Waals surface area contributed by atoms with E-state index >= 15 is 0 Å². The number of ether oxygens (including phenoxy) is 3. The van der Waals surface area contributed by atoms with Crippen LogP contribution in [0.5, 0.6) is 17.2 Å². The lowest BCUT2D eigenvalue weighted by Gasteiger charge is -2.22. The minimum absolute atomic E-state index is 0.162. The molecular weight excluding hydrogens is 466 g/mol. The van der Waals surface area contributed by atoms with E-state index < -0.39 is 11.8 Å². The number of allylic oxidation sites excluding steroid dienone is 3. The molecule has 6 rings (SSSR count). The Morgan fingerprint density at radius 3 is 1.59 bits per heavy atom. The van der Waals surface area contributed by atoms with Crippen LogP contribution in [0.25, 0.3) is 5.57 Å². The van der Waals surface area contributed by atoms with Gasteiger partial charge in [0, 0.05) is 11.8 Å². The first-order chi connectivity index (χ1) is 18.1. The predicted molar refractivity (Wildman–Crippen MR) is 141 cm³/mol. The Labute approximate surface area is 215 Å². The van der Waals surface area contributed by atoms with Gasteiger partial charge >= 0.3 is 0 Å². The number of fused-ring (bicyclic) bond motifs is 5. The third-order valence-electron chi connectivity index (χ3n) is 7.79. The average Bonchev–Trinajstić information content (AvgIpc) is 3.58. The predicted octanol–water partition coefficient (Wildman–Crippen LogP) is 5.14. The van der Waals surface area contributed by atoms with Crippen molar-refractivity contribution in [2.24, 2.45) is 23.7 Å². The van der Waals surface area contributed by atoms with Crippen molar-refractivity contribution >= 4 is 23.1 Å². The van der Waals surface area contributed by atoms with Crippen molar-refractivity contribution in [3.05, 3.63) is 102 Å². The molecule has 3 aromatic carbocycles. The summed E-state index contributed by atoms with van der Waals surface area (Å²) in [6.45, 7) is 0. The van der Waals surface area contributed by atoms with Gasteiger partial charge in [-0.15, -0.1) is 0 Å². The number of carbonyl (C=O) groups excluding carboxylic acids is 2. The number of rotatable bonds is 6. The Morgan fingerprint density at radius 2 is 1.14 bits per heavy atom. The summed E-state index contributed by atoms with van der Waals surface area (Å²) in [6, 6.07) is 23.0. The summed E-state index contributed by atoms with van der Waals surface area (Å²) in [6.07, 6.45) is 4.20. The van der Waals surface area contributed by atoms with Crippen LogP contribution in [0.2, 0.25) is 0 Å². The summed E-state index contributed by atoms with van der Waals surface area (Å²) in [7, 11) is 4.84. The molecule has 2 bridgehead atoms. The number of imide groups is 1. The van der Waals surface area contributed by atoms with Gasteiger partial charge in [-0.1, -0.05) is 48.6 Å². The highest BCUT2D eigenvalue weighted by molar-refractivity contribution is 6.24. The third-order valence-corrected chi connectivity index (χ3v) is 7.79. The minimum Gasteiger partial charge on any atom is -0.497 e. The van der Waals surface area contributed by atoms with E-state index in [4.69, 9.17) is 14.2 Å². The quantitative estimate of drug-likeness (QED) is 0.352. The lowest BCUT2D eigenvalue weighted by atomic mass is 9.85. The summed E-state index contributed by atoms with van der Waals surface area (Å²) >= 11 is 0. The zero-order chi connectivity index (χ0) is 25.7. The Bertz CT molecular complexity index is 1350. The van der Waals surface area contributed by atoms with Crippen LogP contribution >= 0.6 is 0 Å². The Balaban J connectivity index is 1.48. The molecule has 3 aromatic rings. The van der Waals surface area contributed by atoms with E-state index in [0.717, 1.165) is 33.8 Å². The van der Waals surface area contributed by atoms with Crippen molar-refractivity contribution in [2.45, 2.75) is 0 Å². The molecule has 2 fully saturated rings. The molecule has 37 heavy (non-hydrogen) atoms. The van der Waals surface area contributed by atoms with Crippen molar-refractivity contribution in [3.63, 3.8) is 0 Å². The van der Waals surface area contributed by atoms with Crippen molar-refractivity contribution < 1.29 is 23.8 Å². The molecule has 2 aliphatic carbocycles. The maximum absolute atomic E-state index is 13.8. The molecule has 6 nitrogen and oxygen atoms in total. The van der Waals surface area contributed by atoms with Crippen LogP contribution in [0.1, 0.15) is 11.1 Å². The van der Waals surface area contributed by atoms with Gasteiger partial charge in [-0.05, 0) is 58.7 Å². The van der Waals surface area contributed by atoms with Gasteiger partial charge in [-0.25, -0.2) is 4.90 Å². The van der Waals surface area contributed by atoms with Crippen LogP contribution in [0, 0.1) is 23.7 Å². The number of hydrogen-bond donors (Lipinski definition) is 0. The monoisotopic (exact) mass is 493 g/mol. The van der Waals surface area contributed by atoms with E-state index in [1.165, 1.54) is 4.90 Å². The molecule has 0 radical (unpaired) electrons. The maximum atomic E-state index is 13.8. The van der Waals surface area contributed by atoms with Gasteiger partial charge in [0.15, 0.2) is 0 Å². The van der Waals surface area contributed by atoms with E-state index in [1.807, 2.05) is 60.7 Å². The highest BCUT2D eigenvalue weighted by atomic mass is 16.5. The molecular formula is C31H27NO5. The molecule has 2 amide bonds. The van der Waals surface area contributed by atoms with Gasteiger partial charge in [0.05, 0.1) is 38.9 Å². The fraction of sp³-hybridized carbons (Fsp3) is 0.226. The summed E-state index contributed by atoms with van der Waals surface area (Å²) in [5.41, 5.74) is 4.70.